The van der Waals surface area contributed by atoms with Crippen molar-refractivity contribution in [2.24, 2.45) is 0 Å². The molecule has 1 aliphatic carbocycles. The van der Waals surface area contributed by atoms with Crippen LogP contribution in [0.2, 0.25) is 0 Å². The van der Waals surface area contributed by atoms with Gasteiger partial charge in [-0.25, -0.2) is 4.79 Å². The highest BCUT2D eigenvalue weighted by Crippen LogP contribution is 2.31. The molecule has 0 amide bonds. The van der Waals surface area contributed by atoms with Gasteiger partial charge in [-0.15, -0.1) is 0 Å². The maximum Gasteiger partial charge on any atom is 0.337 e. The van der Waals surface area contributed by atoms with Crippen molar-refractivity contribution < 1.29 is 29.3 Å². The molecule has 0 bridgehead atoms. The smallest absolute Gasteiger partial charge is 0.337 e. The van der Waals surface area contributed by atoms with Crippen LogP contribution in [0.15, 0.2) is 34.4 Å². The summed E-state index contributed by atoms with van der Waals surface area (Å²) in [6, 6.07) is 0. The number of carbonyl (C=O) groups excluding carboxylic acids is 2. The Kier molecular flexibility index (Phi) is 5.38. The number of aliphatic hydroxyl groups excluding tert-OH is 2. The van der Waals surface area contributed by atoms with E-state index in [9.17, 15) is 19.8 Å². The average Bonchev–Trinajstić information content (AvgIpc) is 2.77. The molecule has 1 aliphatic heterocycles. The highest BCUT2D eigenvalue weighted by Gasteiger charge is 2.33. The van der Waals surface area contributed by atoms with E-state index in [0.717, 1.165) is 5.57 Å². The molecule has 0 aromatic rings. The summed E-state index contributed by atoms with van der Waals surface area (Å²) in [5, 5.41) is 19.7. The van der Waals surface area contributed by atoms with Gasteiger partial charge in [0.2, 0.25) is 0 Å². The van der Waals surface area contributed by atoms with Crippen molar-refractivity contribution in [1.29, 1.82) is 0 Å². The summed E-state index contributed by atoms with van der Waals surface area (Å²) in [4.78, 5) is 23.2. The summed E-state index contributed by atoms with van der Waals surface area (Å²) in [6.07, 6.45) is 2.25. The third kappa shape index (κ3) is 3.89. The molecular weight excluding hydrogens is 300 g/mol. The molecule has 0 unspecified atom stereocenters. The van der Waals surface area contributed by atoms with Crippen LogP contribution in [0.5, 0.6) is 0 Å². The van der Waals surface area contributed by atoms with Gasteiger partial charge in [-0.3, -0.25) is 4.79 Å². The van der Waals surface area contributed by atoms with Crippen molar-refractivity contribution in [3.8, 4) is 0 Å². The van der Waals surface area contributed by atoms with Crippen LogP contribution >= 0.6 is 0 Å². The molecule has 6 heteroatoms. The molecule has 0 radical (unpaired) electrons. The molecule has 126 valence electrons. The fraction of sp³-hybridized carbons (Fsp3) is 0.529. The highest BCUT2D eigenvalue weighted by atomic mass is 16.6. The molecule has 0 saturated carbocycles. The monoisotopic (exact) mass is 322 g/mol. The van der Waals surface area contributed by atoms with Crippen molar-refractivity contribution in [3.63, 3.8) is 0 Å². The zero-order valence-corrected chi connectivity index (χ0v) is 13.5. The molecule has 23 heavy (non-hydrogen) atoms. The van der Waals surface area contributed by atoms with E-state index < -0.39 is 30.3 Å². The van der Waals surface area contributed by atoms with E-state index in [0.29, 0.717) is 17.6 Å². The molecular formula is C17H22O6. The molecule has 6 nitrogen and oxygen atoms in total. The van der Waals surface area contributed by atoms with Crippen LogP contribution in [0.3, 0.4) is 0 Å². The normalized spacial score (nSPS) is 33.1. The van der Waals surface area contributed by atoms with Crippen LogP contribution in [-0.4, -0.2) is 47.1 Å². The number of hydrogen-bond acceptors (Lipinski definition) is 6. The van der Waals surface area contributed by atoms with Crippen molar-refractivity contribution in [2.75, 3.05) is 6.61 Å². The summed E-state index contributed by atoms with van der Waals surface area (Å²) in [7, 11) is 0. The fourth-order valence-electron chi connectivity index (χ4n) is 2.77. The minimum Gasteiger partial charge on any atom is -0.458 e. The quantitative estimate of drug-likeness (QED) is 0.586. The van der Waals surface area contributed by atoms with Gasteiger partial charge < -0.3 is 19.7 Å². The Morgan fingerprint density at radius 1 is 1.39 bits per heavy atom. The lowest BCUT2D eigenvalue weighted by Gasteiger charge is -2.24. The minimum atomic E-state index is -0.754. The van der Waals surface area contributed by atoms with Crippen LogP contribution in [0, 0.1) is 0 Å². The molecule has 0 fully saturated rings. The van der Waals surface area contributed by atoms with Crippen LogP contribution < -0.4 is 0 Å². The Labute approximate surface area is 135 Å². The van der Waals surface area contributed by atoms with Crippen molar-refractivity contribution in [1.82, 2.24) is 0 Å². The van der Waals surface area contributed by atoms with Gasteiger partial charge in [0.05, 0.1) is 18.3 Å². The first-order chi connectivity index (χ1) is 10.8. The standard InChI is InChI=1S/C17H22O6/c1-9-4-5-12-13(8-18)17(21)23-16(12)6-10(2)15(7-14(9)20)22-11(3)19/h4,6,14-16,18,20H,5,7-8H2,1-3H3/b9-4-,10-6-/t14-,15+,16+/m0/s1. The maximum atomic E-state index is 11.9. The highest BCUT2D eigenvalue weighted by molar-refractivity contribution is 5.93. The number of hydrogen-bond donors (Lipinski definition) is 2. The summed E-state index contributed by atoms with van der Waals surface area (Å²) in [5.74, 6) is -0.977. The molecule has 0 spiro atoms. The summed E-state index contributed by atoms with van der Waals surface area (Å²) in [5.41, 5.74) is 2.34. The Morgan fingerprint density at radius 3 is 2.70 bits per heavy atom. The van der Waals surface area contributed by atoms with Crippen LogP contribution in [-0.2, 0) is 19.1 Å². The van der Waals surface area contributed by atoms with Gasteiger partial charge in [0.25, 0.3) is 0 Å². The Morgan fingerprint density at radius 2 is 2.09 bits per heavy atom. The molecule has 2 N–H and O–H groups in total. The minimum absolute atomic E-state index is 0.247. The van der Waals surface area contributed by atoms with E-state index in [1.807, 2.05) is 6.08 Å². The number of carbonyl (C=O) groups is 2. The van der Waals surface area contributed by atoms with E-state index in [1.165, 1.54) is 6.92 Å². The second-order valence-corrected chi connectivity index (χ2v) is 5.90. The zero-order valence-electron chi connectivity index (χ0n) is 13.5. The number of rotatable bonds is 2. The van der Waals surface area contributed by atoms with Crippen molar-refractivity contribution >= 4 is 11.9 Å². The van der Waals surface area contributed by atoms with Crippen molar-refractivity contribution in [2.45, 2.75) is 51.9 Å². The lowest BCUT2D eigenvalue weighted by atomic mass is 9.92. The summed E-state index contributed by atoms with van der Waals surface area (Å²) < 4.78 is 10.6. The Balaban J connectivity index is 2.44. The maximum absolute atomic E-state index is 11.9. The van der Waals surface area contributed by atoms with E-state index in [-0.39, 0.29) is 18.6 Å². The number of fused-ring (bicyclic) bond motifs is 1. The van der Waals surface area contributed by atoms with Gasteiger partial charge in [0, 0.05) is 13.3 Å². The van der Waals surface area contributed by atoms with E-state index >= 15 is 0 Å². The molecule has 2 rings (SSSR count). The first-order valence-corrected chi connectivity index (χ1v) is 7.57. The molecule has 2 aliphatic rings. The van der Waals surface area contributed by atoms with Gasteiger partial charge in [0.15, 0.2) is 0 Å². The zero-order chi connectivity index (χ0) is 17.1. The largest absolute Gasteiger partial charge is 0.458 e. The third-order valence-electron chi connectivity index (χ3n) is 4.21. The number of aliphatic hydroxyl groups is 2. The predicted octanol–water partition coefficient (Wildman–Crippen LogP) is 1.18. The van der Waals surface area contributed by atoms with Crippen molar-refractivity contribution in [3.05, 3.63) is 34.4 Å². The Bertz CT molecular complexity index is 598. The van der Waals surface area contributed by atoms with Crippen LogP contribution in [0.4, 0.5) is 0 Å². The number of ether oxygens (including phenoxy) is 2. The predicted molar refractivity (Wildman–Crippen MR) is 82.3 cm³/mol. The van der Waals surface area contributed by atoms with Gasteiger partial charge in [-0.2, -0.15) is 0 Å². The van der Waals surface area contributed by atoms with Gasteiger partial charge in [-0.05, 0) is 43.1 Å². The van der Waals surface area contributed by atoms with Crippen LogP contribution in [0.1, 0.15) is 33.6 Å². The molecule has 0 aromatic heterocycles. The first kappa shape index (κ1) is 17.4. The van der Waals surface area contributed by atoms with Gasteiger partial charge >= 0.3 is 11.9 Å². The fourth-order valence-corrected chi connectivity index (χ4v) is 2.77. The second-order valence-electron chi connectivity index (χ2n) is 5.90. The molecule has 0 aromatic carbocycles. The van der Waals surface area contributed by atoms with Gasteiger partial charge in [0.1, 0.15) is 12.2 Å². The summed E-state index contributed by atoms with van der Waals surface area (Å²) in [6.45, 7) is 4.47. The third-order valence-corrected chi connectivity index (χ3v) is 4.21. The average molecular weight is 322 g/mol. The molecule has 3 atom stereocenters. The van der Waals surface area contributed by atoms with E-state index in [2.05, 4.69) is 0 Å². The molecule has 1 heterocycles. The number of allylic oxidation sites excluding steroid dienone is 1. The lowest BCUT2D eigenvalue weighted by molar-refractivity contribution is -0.146. The van der Waals surface area contributed by atoms with Crippen LogP contribution in [0.25, 0.3) is 0 Å². The van der Waals surface area contributed by atoms with E-state index in [1.54, 1.807) is 19.9 Å². The lowest BCUT2D eigenvalue weighted by Crippen LogP contribution is -2.26. The second kappa shape index (κ2) is 7.10. The van der Waals surface area contributed by atoms with Gasteiger partial charge in [-0.1, -0.05) is 6.08 Å². The number of esters is 2. The Hall–Kier alpha value is -1.92. The van der Waals surface area contributed by atoms with E-state index in [4.69, 9.17) is 9.47 Å². The first-order valence-electron chi connectivity index (χ1n) is 7.57. The summed E-state index contributed by atoms with van der Waals surface area (Å²) >= 11 is 0. The SMILES string of the molecule is CC(=O)O[C@@H]1C[C@H](O)/C(C)=C\CC2=C(CO)C(=O)O[C@@H]2/C=C\1C. The molecule has 0 saturated heterocycles. The topological polar surface area (TPSA) is 93.1 Å².